The Bertz CT molecular complexity index is 890. The molecule has 3 rings (SSSR count). The Morgan fingerprint density at radius 2 is 2.04 bits per heavy atom. The molecule has 0 saturated carbocycles. The van der Waals surface area contributed by atoms with E-state index in [4.69, 9.17) is 34.8 Å². The monoisotopic (exact) mass is 399 g/mol. The fraction of sp³-hybridized carbons (Fsp3) is 0. The number of carbonyl (C=O) groups excluding carboxylic acids is 1. The predicted octanol–water partition coefficient (Wildman–Crippen LogP) is 5.12. The molecule has 0 saturated heterocycles. The van der Waals surface area contributed by atoms with Gasteiger partial charge in [0.1, 0.15) is 11.3 Å². The van der Waals surface area contributed by atoms with Crippen molar-refractivity contribution in [1.82, 2.24) is 9.97 Å². The van der Waals surface area contributed by atoms with Crippen LogP contribution in [0.15, 0.2) is 36.0 Å². The minimum atomic E-state index is -0.658. The summed E-state index contributed by atoms with van der Waals surface area (Å²) in [4.78, 5) is 20.7. The van der Waals surface area contributed by atoms with E-state index in [0.29, 0.717) is 10.8 Å². The number of nitrogens with zero attached hydrogens (tertiary/aromatic N) is 2. The van der Waals surface area contributed by atoms with Gasteiger partial charge in [0.15, 0.2) is 5.13 Å². The van der Waals surface area contributed by atoms with Crippen LogP contribution in [-0.4, -0.2) is 21.0 Å². The van der Waals surface area contributed by atoms with Crippen molar-refractivity contribution in [3.63, 3.8) is 0 Å². The zero-order chi connectivity index (χ0) is 17.3. The second kappa shape index (κ2) is 6.94. The standard InChI is InChI=1S/C15H8Cl3N3O2S/c16-8-4-9(17)13(22)11(12(8)18)14(23)21-15-20-10(6-24-15)7-2-1-3-19-5-7/h1-6,22H,(H,20,21,23). The molecule has 2 heterocycles. The van der Waals surface area contributed by atoms with Crippen LogP contribution in [0.25, 0.3) is 11.3 Å². The minimum absolute atomic E-state index is 0.0651. The number of pyridine rings is 1. The van der Waals surface area contributed by atoms with Crippen molar-refractivity contribution in [2.45, 2.75) is 0 Å². The van der Waals surface area contributed by atoms with E-state index in [2.05, 4.69) is 15.3 Å². The largest absolute Gasteiger partial charge is 0.505 e. The molecule has 1 aromatic carbocycles. The maximum absolute atomic E-state index is 12.4. The minimum Gasteiger partial charge on any atom is -0.505 e. The number of anilines is 1. The lowest BCUT2D eigenvalue weighted by molar-refractivity contribution is 0.102. The third-order valence-corrected chi connectivity index (χ3v) is 4.89. The van der Waals surface area contributed by atoms with Crippen LogP contribution in [0.1, 0.15) is 10.4 Å². The highest BCUT2D eigenvalue weighted by molar-refractivity contribution is 7.14. The fourth-order valence-corrected chi connectivity index (χ4v) is 3.34. The molecule has 0 atom stereocenters. The molecule has 2 aromatic heterocycles. The smallest absolute Gasteiger partial charge is 0.262 e. The lowest BCUT2D eigenvalue weighted by atomic mass is 10.2. The van der Waals surface area contributed by atoms with Gasteiger partial charge < -0.3 is 5.11 Å². The summed E-state index contributed by atoms with van der Waals surface area (Å²) < 4.78 is 0. The third-order valence-electron chi connectivity index (χ3n) is 3.05. The summed E-state index contributed by atoms with van der Waals surface area (Å²) in [6, 6.07) is 4.91. The molecule has 0 spiro atoms. The van der Waals surface area contributed by atoms with Crippen LogP contribution in [0.4, 0.5) is 5.13 Å². The normalized spacial score (nSPS) is 10.6. The summed E-state index contributed by atoms with van der Waals surface area (Å²) in [5.41, 5.74) is 1.29. The van der Waals surface area contributed by atoms with E-state index in [0.717, 1.165) is 5.56 Å². The maximum Gasteiger partial charge on any atom is 0.262 e. The summed E-state index contributed by atoms with van der Waals surface area (Å²) >= 11 is 18.9. The number of phenols is 1. The van der Waals surface area contributed by atoms with Gasteiger partial charge >= 0.3 is 0 Å². The second-order valence-electron chi connectivity index (χ2n) is 4.61. The number of amides is 1. The Morgan fingerprint density at radius 3 is 2.75 bits per heavy atom. The predicted molar refractivity (Wildman–Crippen MR) is 96.4 cm³/mol. The number of thiazole rings is 1. The van der Waals surface area contributed by atoms with E-state index < -0.39 is 11.7 Å². The van der Waals surface area contributed by atoms with Gasteiger partial charge in [-0.3, -0.25) is 15.1 Å². The van der Waals surface area contributed by atoms with Crippen molar-refractivity contribution < 1.29 is 9.90 Å². The van der Waals surface area contributed by atoms with Crippen molar-refractivity contribution >= 4 is 57.2 Å². The average molecular weight is 401 g/mol. The highest BCUT2D eigenvalue weighted by Crippen LogP contribution is 2.38. The van der Waals surface area contributed by atoms with E-state index in [1.54, 1.807) is 23.8 Å². The summed E-state index contributed by atoms with van der Waals surface area (Å²) in [7, 11) is 0. The topological polar surface area (TPSA) is 75.1 Å². The molecule has 24 heavy (non-hydrogen) atoms. The van der Waals surface area contributed by atoms with E-state index in [9.17, 15) is 9.90 Å². The van der Waals surface area contributed by atoms with Gasteiger partial charge in [-0.1, -0.05) is 34.8 Å². The number of hydrogen-bond donors (Lipinski definition) is 2. The molecule has 9 heteroatoms. The molecule has 0 fully saturated rings. The van der Waals surface area contributed by atoms with E-state index in [1.807, 2.05) is 6.07 Å². The van der Waals surface area contributed by atoms with Crippen molar-refractivity contribution in [3.8, 4) is 17.0 Å². The Hall–Kier alpha value is -1.86. The lowest BCUT2D eigenvalue weighted by Crippen LogP contribution is -2.13. The van der Waals surface area contributed by atoms with Crippen molar-refractivity contribution in [2.75, 3.05) is 5.32 Å². The van der Waals surface area contributed by atoms with Crippen LogP contribution in [-0.2, 0) is 0 Å². The lowest BCUT2D eigenvalue weighted by Gasteiger charge is -2.09. The number of hydrogen-bond acceptors (Lipinski definition) is 5. The zero-order valence-corrected chi connectivity index (χ0v) is 14.8. The Kier molecular flexibility index (Phi) is 4.91. The van der Waals surface area contributed by atoms with Gasteiger partial charge in [-0.2, -0.15) is 0 Å². The molecule has 3 aromatic rings. The molecule has 0 radical (unpaired) electrons. The third kappa shape index (κ3) is 3.32. The first-order chi connectivity index (χ1) is 11.5. The first-order valence-electron chi connectivity index (χ1n) is 6.51. The fourth-order valence-electron chi connectivity index (χ4n) is 1.93. The van der Waals surface area contributed by atoms with Crippen molar-refractivity contribution in [1.29, 1.82) is 0 Å². The highest BCUT2D eigenvalue weighted by Gasteiger charge is 2.22. The zero-order valence-electron chi connectivity index (χ0n) is 11.8. The van der Waals surface area contributed by atoms with Crippen LogP contribution in [0, 0.1) is 0 Å². The van der Waals surface area contributed by atoms with Crippen LogP contribution in [0.2, 0.25) is 15.1 Å². The SMILES string of the molecule is O=C(Nc1nc(-c2cccnc2)cs1)c1c(O)c(Cl)cc(Cl)c1Cl. The van der Waals surface area contributed by atoms with Gasteiger partial charge in [0.2, 0.25) is 0 Å². The van der Waals surface area contributed by atoms with Gasteiger partial charge in [0.05, 0.1) is 20.8 Å². The molecule has 0 bridgehead atoms. The Labute approximate surface area is 155 Å². The number of aromatic nitrogens is 2. The quantitative estimate of drug-likeness (QED) is 0.598. The van der Waals surface area contributed by atoms with Crippen LogP contribution >= 0.6 is 46.1 Å². The number of halogens is 3. The summed E-state index contributed by atoms with van der Waals surface area (Å²) in [5, 5.41) is 14.6. The van der Waals surface area contributed by atoms with E-state index in [-0.39, 0.29) is 20.6 Å². The van der Waals surface area contributed by atoms with Gasteiger partial charge in [0, 0.05) is 23.3 Å². The molecule has 0 aliphatic carbocycles. The summed E-state index contributed by atoms with van der Waals surface area (Å²) in [5.74, 6) is -1.10. The Balaban J connectivity index is 1.88. The highest BCUT2D eigenvalue weighted by atomic mass is 35.5. The first-order valence-corrected chi connectivity index (χ1v) is 8.52. The van der Waals surface area contributed by atoms with Crippen molar-refractivity contribution in [2.24, 2.45) is 0 Å². The van der Waals surface area contributed by atoms with Gasteiger partial charge in [-0.25, -0.2) is 4.98 Å². The molecular formula is C15H8Cl3N3O2S. The van der Waals surface area contributed by atoms with Gasteiger partial charge in [-0.15, -0.1) is 11.3 Å². The maximum atomic E-state index is 12.4. The number of rotatable bonds is 3. The second-order valence-corrected chi connectivity index (χ2v) is 6.66. The van der Waals surface area contributed by atoms with E-state index in [1.165, 1.54) is 17.4 Å². The molecule has 1 amide bonds. The molecule has 0 unspecified atom stereocenters. The summed E-state index contributed by atoms with van der Waals surface area (Å²) in [6.07, 6.45) is 3.33. The summed E-state index contributed by atoms with van der Waals surface area (Å²) in [6.45, 7) is 0. The number of benzene rings is 1. The number of carbonyl (C=O) groups is 1. The number of nitrogens with one attached hydrogen (secondary N) is 1. The number of aromatic hydroxyl groups is 1. The molecule has 0 aliphatic heterocycles. The molecule has 2 N–H and O–H groups in total. The molecular weight excluding hydrogens is 393 g/mol. The average Bonchev–Trinajstić information content (AvgIpc) is 3.02. The number of phenolic OH excluding ortho intramolecular Hbond substituents is 1. The first kappa shape index (κ1) is 17.0. The van der Waals surface area contributed by atoms with Crippen LogP contribution in [0.3, 0.4) is 0 Å². The van der Waals surface area contributed by atoms with Crippen molar-refractivity contribution in [3.05, 3.63) is 56.6 Å². The van der Waals surface area contributed by atoms with Gasteiger partial charge in [-0.05, 0) is 18.2 Å². The molecule has 0 aliphatic rings. The Morgan fingerprint density at radius 1 is 1.25 bits per heavy atom. The van der Waals surface area contributed by atoms with Crippen LogP contribution in [0.5, 0.6) is 5.75 Å². The molecule has 5 nitrogen and oxygen atoms in total. The van der Waals surface area contributed by atoms with Gasteiger partial charge in [0.25, 0.3) is 5.91 Å². The van der Waals surface area contributed by atoms with Crippen LogP contribution < -0.4 is 5.32 Å². The van der Waals surface area contributed by atoms with E-state index >= 15 is 0 Å². The molecule has 122 valence electrons.